The van der Waals surface area contributed by atoms with Gasteiger partial charge in [-0.05, 0) is 36.8 Å². The highest BCUT2D eigenvalue weighted by molar-refractivity contribution is 7.99. The van der Waals surface area contributed by atoms with E-state index in [2.05, 4.69) is 10.0 Å². The van der Waals surface area contributed by atoms with Crippen LogP contribution in [0.1, 0.15) is 30.1 Å². The van der Waals surface area contributed by atoms with Gasteiger partial charge in [0.2, 0.25) is 10.0 Å². The second-order valence-corrected chi connectivity index (χ2v) is 8.59. The zero-order chi connectivity index (χ0) is 17.8. The summed E-state index contributed by atoms with van der Waals surface area (Å²) >= 11 is 1.48. The zero-order valence-corrected chi connectivity index (χ0v) is 14.9. The van der Waals surface area contributed by atoms with E-state index in [1.165, 1.54) is 23.9 Å². The fourth-order valence-corrected chi connectivity index (χ4v) is 4.85. The minimum absolute atomic E-state index is 0.0111. The molecule has 1 saturated heterocycles. The van der Waals surface area contributed by atoms with Crippen molar-refractivity contribution < 1.29 is 23.1 Å². The maximum Gasteiger partial charge on any atom is 0.330 e. The van der Waals surface area contributed by atoms with Crippen LogP contribution in [0.4, 0.5) is 5.69 Å². The number of aliphatic carboxylic acids is 1. The second-order valence-electron chi connectivity index (χ2n) is 5.65. The highest BCUT2D eigenvalue weighted by Crippen LogP contribution is 2.28. The summed E-state index contributed by atoms with van der Waals surface area (Å²) in [4.78, 5) is 23.9. The summed E-state index contributed by atoms with van der Waals surface area (Å²) in [5.41, 5.74) is -0.773. The molecule has 7 nitrogen and oxygen atoms in total. The number of sulfonamides is 1. The maximum atomic E-state index is 12.4. The molecule has 1 aliphatic rings. The number of hydrogen-bond acceptors (Lipinski definition) is 5. The molecule has 1 aromatic rings. The molecule has 1 atom stereocenters. The minimum atomic E-state index is -3.45. The molecule has 1 fully saturated rings. The smallest absolute Gasteiger partial charge is 0.330 e. The summed E-state index contributed by atoms with van der Waals surface area (Å²) in [5.74, 6) is -0.611. The van der Waals surface area contributed by atoms with E-state index in [4.69, 9.17) is 0 Å². The van der Waals surface area contributed by atoms with Gasteiger partial charge in [-0.3, -0.25) is 9.52 Å². The van der Waals surface area contributed by atoms with E-state index >= 15 is 0 Å². The van der Waals surface area contributed by atoms with Gasteiger partial charge in [0.25, 0.3) is 5.91 Å². The fraction of sp³-hybridized carbons (Fsp3) is 0.467. The number of amides is 1. The monoisotopic (exact) mass is 372 g/mol. The van der Waals surface area contributed by atoms with Gasteiger partial charge in [-0.15, -0.1) is 0 Å². The van der Waals surface area contributed by atoms with Crippen molar-refractivity contribution in [3.8, 4) is 0 Å². The first-order chi connectivity index (χ1) is 11.3. The van der Waals surface area contributed by atoms with Crippen LogP contribution in [-0.2, 0) is 14.8 Å². The molecule has 0 bridgehead atoms. The number of benzene rings is 1. The summed E-state index contributed by atoms with van der Waals surface area (Å²) in [6, 6.07) is 6.02. The van der Waals surface area contributed by atoms with Crippen LogP contribution in [0.2, 0.25) is 0 Å². The molecule has 1 aromatic carbocycles. The molecule has 132 valence electrons. The van der Waals surface area contributed by atoms with E-state index in [0.717, 1.165) is 0 Å². The highest BCUT2D eigenvalue weighted by Gasteiger charge is 2.43. The number of carboxylic acid groups (broad SMARTS) is 1. The highest BCUT2D eigenvalue weighted by atomic mass is 32.2. The van der Waals surface area contributed by atoms with Gasteiger partial charge in [-0.2, -0.15) is 11.8 Å². The van der Waals surface area contributed by atoms with Gasteiger partial charge in [-0.25, -0.2) is 13.2 Å². The number of nitrogens with one attached hydrogen (secondary N) is 2. The Kier molecular flexibility index (Phi) is 5.76. The van der Waals surface area contributed by atoms with Gasteiger partial charge in [0.1, 0.15) is 5.54 Å². The average molecular weight is 372 g/mol. The molecule has 3 N–H and O–H groups in total. The second kappa shape index (κ2) is 7.43. The standard InChI is InChI=1S/C15H20N2O5S2/c1-2-8-24(21,22)17-12-5-3-4-11(9-12)13(18)16-15(14(19)20)6-7-23-10-15/h3-5,9,17H,2,6-8,10H2,1H3,(H,16,18)(H,19,20). The van der Waals surface area contributed by atoms with Crippen molar-refractivity contribution in [2.45, 2.75) is 25.3 Å². The molecular weight excluding hydrogens is 352 g/mol. The molecule has 0 saturated carbocycles. The Labute approximate surface area is 145 Å². The average Bonchev–Trinajstić information content (AvgIpc) is 2.96. The minimum Gasteiger partial charge on any atom is -0.479 e. The Bertz CT molecular complexity index is 727. The van der Waals surface area contributed by atoms with Crippen LogP contribution in [0.25, 0.3) is 0 Å². The first-order valence-electron chi connectivity index (χ1n) is 7.52. The Morgan fingerprint density at radius 2 is 2.12 bits per heavy atom. The van der Waals surface area contributed by atoms with E-state index in [0.29, 0.717) is 24.3 Å². The summed E-state index contributed by atoms with van der Waals surface area (Å²) in [5, 5.41) is 12.0. The van der Waals surface area contributed by atoms with Crippen LogP contribution in [0, 0.1) is 0 Å². The zero-order valence-electron chi connectivity index (χ0n) is 13.2. The third kappa shape index (κ3) is 4.41. The van der Waals surface area contributed by atoms with E-state index in [9.17, 15) is 23.1 Å². The number of rotatable bonds is 7. The predicted molar refractivity (Wildman–Crippen MR) is 93.9 cm³/mol. The summed E-state index contributed by atoms with van der Waals surface area (Å²) in [6.45, 7) is 1.76. The third-order valence-electron chi connectivity index (χ3n) is 3.65. The number of carbonyl (C=O) groups is 2. The predicted octanol–water partition coefficient (Wildman–Crippen LogP) is 1.53. The van der Waals surface area contributed by atoms with Gasteiger partial charge >= 0.3 is 5.97 Å². The van der Waals surface area contributed by atoms with Crippen LogP contribution >= 0.6 is 11.8 Å². The van der Waals surface area contributed by atoms with Gasteiger partial charge in [-0.1, -0.05) is 13.0 Å². The van der Waals surface area contributed by atoms with Crippen molar-refractivity contribution in [3.05, 3.63) is 29.8 Å². The molecule has 24 heavy (non-hydrogen) atoms. The lowest BCUT2D eigenvalue weighted by molar-refractivity contribution is -0.143. The third-order valence-corrected chi connectivity index (χ3v) is 6.34. The molecule has 1 amide bonds. The summed E-state index contributed by atoms with van der Waals surface area (Å²) < 4.78 is 26.0. The van der Waals surface area contributed by atoms with Crippen molar-refractivity contribution in [1.29, 1.82) is 0 Å². The normalized spacial score (nSPS) is 20.5. The van der Waals surface area contributed by atoms with Crippen molar-refractivity contribution in [3.63, 3.8) is 0 Å². The molecule has 0 radical (unpaired) electrons. The molecule has 1 heterocycles. The number of anilines is 1. The Balaban J connectivity index is 2.16. The number of hydrogen-bond donors (Lipinski definition) is 3. The molecular formula is C15H20N2O5S2. The van der Waals surface area contributed by atoms with Crippen molar-refractivity contribution >= 4 is 39.3 Å². The van der Waals surface area contributed by atoms with E-state index in [1.807, 2.05) is 0 Å². The Morgan fingerprint density at radius 1 is 1.38 bits per heavy atom. The molecule has 1 unspecified atom stereocenters. The van der Waals surface area contributed by atoms with Crippen LogP contribution in [0.15, 0.2) is 24.3 Å². The van der Waals surface area contributed by atoms with Crippen molar-refractivity contribution in [2.24, 2.45) is 0 Å². The molecule has 1 aliphatic heterocycles. The van der Waals surface area contributed by atoms with E-state index < -0.39 is 27.4 Å². The van der Waals surface area contributed by atoms with E-state index in [1.54, 1.807) is 19.1 Å². The number of carbonyl (C=O) groups excluding carboxylic acids is 1. The number of thioether (sulfide) groups is 1. The Hall–Kier alpha value is -1.74. The number of carboxylic acids is 1. The van der Waals surface area contributed by atoms with Gasteiger partial charge in [0.05, 0.1) is 5.75 Å². The van der Waals surface area contributed by atoms with Gasteiger partial charge in [0.15, 0.2) is 0 Å². The van der Waals surface area contributed by atoms with Crippen LogP contribution in [0.3, 0.4) is 0 Å². The lowest BCUT2D eigenvalue weighted by atomic mass is 9.98. The van der Waals surface area contributed by atoms with Crippen LogP contribution in [0.5, 0.6) is 0 Å². The lowest BCUT2D eigenvalue weighted by Gasteiger charge is -2.24. The Morgan fingerprint density at radius 3 is 2.71 bits per heavy atom. The molecule has 2 rings (SSSR count). The van der Waals surface area contributed by atoms with Gasteiger partial charge in [0, 0.05) is 17.0 Å². The molecule has 0 spiro atoms. The summed E-state index contributed by atoms with van der Waals surface area (Å²) in [7, 11) is -3.45. The fourth-order valence-electron chi connectivity index (χ4n) is 2.40. The van der Waals surface area contributed by atoms with Crippen LogP contribution < -0.4 is 10.0 Å². The SMILES string of the molecule is CCCS(=O)(=O)Nc1cccc(C(=O)NC2(C(=O)O)CCSC2)c1. The van der Waals surface area contributed by atoms with E-state index in [-0.39, 0.29) is 17.0 Å². The summed E-state index contributed by atoms with van der Waals surface area (Å²) in [6.07, 6.45) is 0.843. The molecule has 9 heteroatoms. The maximum absolute atomic E-state index is 12.4. The van der Waals surface area contributed by atoms with Gasteiger partial charge < -0.3 is 10.4 Å². The van der Waals surface area contributed by atoms with Crippen LogP contribution in [-0.4, -0.2) is 48.2 Å². The van der Waals surface area contributed by atoms with Crippen molar-refractivity contribution in [2.75, 3.05) is 22.0 Å². The van der Waals surface area contributed by atoms with Crippen molar-refractivity contribution in [1.82, 2.24) is 5.32 Å². The quantitative estimate of drug-likeness (QED) is 0.669. The first kappa shape index (κ1) is 18.6. The molecule has 0 aliphatic carbocycles. The first-order valence-corrected chi connectivity index (χ1v) is 10.3. The molecule has 0 aromatic heterocycles. The topological polar surface area (TPSA) is 113 Å². The lowest BCUT2D eigenvalue weighted by Crippen LogP contribution is -2.54. The largest absolute Gasteiger partial charge is 0.479 e.